The summed E-state index contributed by atoms with van der Waals surface area (Å²) in [4.78, 5) is 22.9. The Labute approximate surface area is 306 Å². The molecule has 0 unspecified atom stereocenters. The minimum atomic E-state index is -2.28. The maximum atomic E-state index is 13.0. The molecule has 15 heteroatoms. The van der Waals surface area contributed by atoms with Gasteiger partial charge in [0.25, 0.3) is 6.43 Å². The van der Waals surface area contributed by atoms with Gasteiger partial charge in [-0.2, -0.15) is 10.1 Å². The minimum Gasteiger partial charge on any atom is -0.494 e. The van der Waals surface area contributed by atoms with Crippen LogP contribution in [-0.2, 0) is 7.05 Å². The highest BCUT2D eigenvalue weighted by Crippen LogP contribution is 2.46. The first-order valence-corrected chi connectivity index (χ1v) is 20.1. The maximum absolute atomic E-state index is 13.0. The van der Waals surface area contributed by atoms with Gasteiger partial charge in [0.2, 0.25) is 5.95 Å². The molecule has 2 aromatic carbocycles. The summed E-state index contributed by atoms with van der Waals surface area (Å²) in [6.45, 7) is 7.51. The molecule has 5 heterocycles. The first-order valence-electron chi connectivity index (χ1n) is 17.1. The first kappa shape index (κ1) is 35.4. The number of anilines is 5. The standard InChI is InChI=1S/C36H42BrF2N10OP/c1-47-21-23(19-43-47)24-17-28(30(50-2)18-29(24)49-15-9-36(10-16-49)7-13-48(14-8-36)22-31(38)39)45-35-42-20-25(37)34(46-35)44-27-6-5-26-32(33(27)51(3)4)41-12-11-40-26/h5-6,11-12,17-21,31H,7-10,13-16,22H2,1-4H3,(H2,42,44,45,46). The van der Waals surface area contributed by atoms with Gasteiger partial charge >= 0.3 is 0 Å². The van der Waals surface area contributed by atoms with Crippen LogP contribution in [0.5, 0.6) is 5.75 Å². The van der Waals surface area contributed by atoms with Gasteiger partial charge in [-0.25, -0.2) is 13.8 Å². The van der Waals surface area contributed by atoms with Crippen LogP contribution in [0.3, 0.4) is 0 Å². The van der Waals surface area contributed by atoms with E-state index in [2.05, 4.69) is 77.0 Å². The van der Waals surface area contributed by atoms with Gasteiger partial charge in [0.15, 0.2) is 0 Å². The molecule has 0 atom stereocenters. The molecule has 2 saturated heterocycles. The van der Waals surface area contributed by atoms with E-state index in [-0.39, 0.29) is 12.0 Å². The summed E-state index contributed by atoms with van der Waals surface area (Å²) in [5.41, 5.74) is 6.66. The van der Waals surface area contributed by atoms with Crippen LogP contribution in [0.4, 0.5) is 37.6 Å². The number of fused-ring (bicyclic) bond motifs is 1. The molecular formula is C36H42BrF2N10OP. The molecule has 0 saturated carbocycles. The van der Waals surface area contributed by atoms with E-state index < -0.39 is 14.3 Å². The molecule has 268 valence electrons. The van der Waals surface area contributed by atoms with E-state index in [4.69, 9.17) is 9.72 Å². The molecule has 1 spiro atoms. The molecule has 2 aliphatic rings. The van der Waals surface area contributed by atoms with E-state index in [0.29, 0.717) is 17.5 Å². The SMILES string of the molecule is COc1cc(N2CCC3(CCN(CC(F)F)CC3)CC2)c(-c2cnn(C)c2)cc1Nc1ncc(Br)c(Nc2ccc3nccnc3c2P(C)C)n1. The molecule has 0 radical (unpaired) electrons. The average Bonchev–Trinajstić information content (AvgIpc) is 3.56. The summed E-state index contributed by atoms with van der Waals surface area (Å²) < 4.78 is 34.5. The molecule has 5 aromatic rings. The highest BCUT2D eigenvalue weighted by molar-refractivity contribution is 9.10. The van der Waals surface area contributed by atoms with Crippen molar-refractivity contribution < 1.29 is 13.5 Å². The molecule has 0 bridgehead atoms. The fourth-order valence-corrected chi connectivity index (χ4v) is 8.85. The van der Waals surface area contributed by atoms with Crippen molar-refractivity contribution in [3.05, 3.63) is 59.7 Å². The highest BCUT2D eigenvalue weighted by Gasteiger charge is 2.38. The van der Waals surface area contributed by atoms with E-state index in [9.17, 15) is 8.78 Å². The number of nitrogens with one attached hydrogen (secondary N) is 2. The van der Waals surface area contributed by atoms with Crippen LogP contribution in [0.25, 0.3) is 22.2 Å². The zero-order valence-electron chi connectivity index (χ0n) is 29.2. The second-order valence-electron chi connectivity index (χ2n) is 13.6. The number of aromatic nitrogens is 6. The number of halogens is 3. The summed E-state index contributed by atoms with van der Waals surface area (Å²) in [7, 11) is 3.06. The minimum absolute atomic E-state index is 0.125. The lowest BCUT2D eigenvalue weighted by Gasteiger charge is -2.47. The Balaban J connectivity index is 1.16. The van der Waals surface area contributed by atoms with Gasteiger partial charge in [0, 0.05) is 78.8 Å². The average molecular weight is 780 g/mol. The van der Waals surface area contributed by atoms with Crippen LogP contribution >= 0.6 is 23.9 Å². The molecule has 2 fully saturated rings. The van der Waals surface area contributed by atoms with Crippen molar-refractivity contribution in [1.29, 1.82) is 0 Å². The van der Waals surface area contributed by atoms with Crippen molar-refractivity contribution in [3.63, 3.8) is 0 Å². The third-order valence-electron chi connectivity index (χ3n) is 10.1. The second kappa shape index (κ2) is 14.9. The van der Waals surface area contributed by atoms with Gasteiger partial charge in [-0.05, 0) is 91.6 Å². The third-order valence-corrected chi connectivity index (χ3v) is 12.0. The topological polar surface area (TPSA) is 109 Å². The number of rotatable bonds is 10. The largest absolute Gasteiger partial charge is 0.494 e. The first-order chi connectivity index (χ1) is 24.6. The van der Waals surface area contributed by atoms with Crippen LogP contribution in [0.1, 0.15) is 25.7 Å². The zero-order chi connectivity index (χ0) is 35.7. The molecule has 3 aromatic heterocycles. The van der Waals surface area contributed by atoms with Gasteiger partial charge in [0.05, 0.1) is 41.0 Å². The second-order valence-corrected chi connectivity index (χ2v) is 16.7. The Hall–Kier alpha value is -4.00. The summed E-state index contributed by atoms with van der Waals surface area (Å²) in [5, 5.41) is 12.5. The lowest BCUT2D eigenvalue weighted by molar-refractivity contribution is 0.0338. The van der Waals surface area contributed by atoms with Gasteiger partial charge in [-0.15, -0.1) is 0 Å². The van der Waals surface area contributed by atoms with Crippen LogP contribution in [0.2, 0.25) is 0 Å². The van der Waals surface area contributed by atoms with E-state index >= 15 is 0 Å². The number of nitrogens with zero attached hydrogens (tertiary/aromatic N) is 8. The maximum Gasteiger partial charge on any atom is 0.251 e. The van der Waals surface area contributed by atoms with Crippen molar-refractivity contribution in [3.8, 4) is 16.9 Å². The van der Waals surface area contributed by atoms with Crippen molar-refractivity contribution >= 4 is 69.0 Å². The van der Waals surface area contributed by atoms with Gasteiger partial charge in [-0.1, -0.05) is 7.92 Å². The van der Waals surface area contributed by atoms with E-state index in [0.717, 1.165) is 101 Å². The molecule has 11 nitrogen and oxygen atoms in total. The number of piperidine rings is 2. The van der Waals surface area contributed by atoms with Crippen LogP contribution in [0.15, 0.2) is 59.7 Å². The lowest BCUT2D eigenvalue weighted by Crippen LogP contribution is -2.47. The summed E-state index contributed by atoms with van der Waals surface area (Å²) in [6, 6.07) is 8.16. The van der Waals surface area contributed by atoms with Gasteiger partial charge in [0.1, 0.15) is 11.6 Å². The fraction of sp³-hybridized carbons (Fsp3) is 0.417. The number of alkyl halides is 2. The number of ether oxygens (including phenoxy) is 1. The Morgan fingerprint density at radius 1 is 0.961 bits per heavy atom. The smallest absolute Gasteiger partial charge is 0.251 e. The third kappa shape index (κ3) is 7.64. The van der Waals surface area contributed by atoms with Crippen LogP contribution < -0.4 is 25.6 Å². The normalized spacial score (nSPS) is 16.4. The zero-order valence-corrected chi connectivity index (χ0v) is 31.7. The van der Waals surface area contributed by atoms with E-state index in [1.54, 1.807) is 30.4 Å². The molecular weight excluding hydrogens is 737 g/mol. The lowest BCUT2D eigenvalue weighted by atomic mass is 9.71. The Bertz CT molecular complexity index is 2010. The molecule has 0 aliphatic carbocycles. The number of benzene rings is 2. The van der Waals surface area contributed by atoms with Crippen molar-refractivity contribution in [2.24, 2.45) is 12.5 Å². The van der Waals surface area contributed by atoms with Crippen molar-refractivity contribution in [2.75, 3.05) is 68.7 Å². The number of methoxy groups -OCH3 is 1. The van der Waals surface area contributed by atoms with Crippen molar-refractivity contribution in [2.45, 2.75) is 32.1 Å². The Kier molecular flexibility index (Phi) is 10.4. The monoisotopic (exact) mass is 778 g/mol. The Morgan fingerprint density at radius 2 is 1.71 bits per heavy atom. The van der Waals surface area contributed by atoms with Gasteiger partial charge < -0.3 is 20.3 Å². The number of likely N-dealkylation sites (tertiary alicyclic amines) is 1. The quantitative estimate of drug-likeness (QED) is 0.139. The summed E-state index contributed by atoms with van der Waals surface area (Å²) >= 11 is 3.64. The number of hydrogen-bond acceptors (Lipinski definition) is 10. The highest BCUT2D eigenvalue weighted by atomic mass is 79.9. The van der Waals surface area contributed by atoms with Gasteiger partial charge in [-0.3, -0.25) is 19.5 Å². The molecule has 2 N–H and O–H groups in total. The van der Waals surface area contributed by atoms with E-state index in [1.807, 2.05) is 36.5 Å². The van der Waals surface area contributed by atoms with Crippen LogP contribution in [0, 0.1) is 5.41 Å². The van der Waals surface area contributed by atoms with E-state index in [1.165, 1.54) is 0 Å². The fourth-order valence-electron chi connectivity index (χ4n) is 7.35. The number of aryl methyl sites for hydroxylation is 1. The molecule has 51 heavy (non-hydrogen) atoms. The molecule has 2 aliphatic heterocycles. The van der Waals surface area contributed by atoms with Crippen molar-refractivity contribution in [1.82, 2.24) is 34.6 Å². The number of hydrogen-bond donors (Lipinski definition) is 2. The molecule has 7 rings (SSSR count). The molecule has 0 amide bonds. The van der Waals surface area contributed by atoms with Crippen LogP contribution in [-0.4, -0.2) is 94.2 Å². The predicted octanol–water partition coefficient (Wildman–Crippen LogP) is 7.39. The predicted molar refractivity (Wildman–Crippen MR) is 205 cm³/mol. The summed E-state index contributed by atoms with van der Waals surface area (Å²) in [6.07, 6.45) is 10.7. The Morgan fingerprint density at radius 3 is 2.39 bits per heavy atom. The summed E-state index contributed by atoms with van der Waals surface area (Å²) in [5.74, 6) is 1.68.